The van der Waals surface area contributed by atoms with Gasteiger partial charge in [0.2, 0.25) is 0 Å². The highest BCUT2D eigenvalue weighted by Crippen LogP contribution is 2.24. The van der Waals surface area contributed by atoms with Crippen molar-refractivity contribution in [1.82, 2.24) is 9.78 Å². The quantitative estimate of drug-likeness (QED) is 0.630. The van der Waals surface area contributed by atoms with Crippen LogP contribution in [0.15, 0.2) is 18.3 Å². The molecule has 0 aliphatic carbocycles. The zero-order chi connectivity index (χ0) is 8.72. The molecule has 0 radical (unpaired) electrons. The highest BCUT2D eigenvalue weighted by Gasteiger charge is 2.02. The summed E-state index contributed by atoms with van der Waals surface area (Å²) in [4.78, 5) is 0. The van der Waals surface area contributed by atoms with Gasteiger partial charge < -0.3 is 5.73 Å². The zero-order valence-corrected chi connectivity index (χ0v) is 7.34. The van der Waals surface area contributed by atoms with Gasteiger partial charge in [-0.05, 0) is 12.1 Å². The second-order valence-corrected chi connectivity index (χ2v) is 3.14. The number of nitrogens with two attached hydrogens (primary N) is 1. The van der Waals surface area contributed by atoms with Gasteiger partial charge in [0.25, 0.3) is 0 Å². The average molecular weight is 182 g/mol. The predicted octanol–water partition coefficient (Wildman–Crippen LogP) is 1.81. The third kappa shape index (κ3) is 1.02. The maximum atomic E-state index is 5.82. The van der Waals surface area contributed by atoms with Crippen LogP contribution in [0.3, 0.4) is 0 Å². The van der Waals surface area contributed by atoms with Crippen molar-refractivity contribution in [2.45, 2.75) is 0 Å². The van der Waals surface area contributed by atoms with Crippen LogP contribution in [0.25, 0.3) is 10.9 Å². The van der Waals surface area contributed by atoms with Crippen LogP contribution in [0.2, 0.25) is 5.02 Å². The maximum Gasteiger partial charge on any atom is 0.0939 e. The van der Waals surface area contributed by atoms with E-state index in [4.69, 9.17) is 17.3 Å². The summed E-state index contributed by atoms with van der Waals surface area (Å²) in [5.74, 6) is 0. The van der Waals surface area contributed by atoms with Crippen molar-refractivity contribution < 1.29 is 0 Å². The number of nitrogens with zero attached hydrogens (tertiary/aromatic N) is 2. The van der Waals surface area contributed by atoms with Gasteiger partial charge >= 0.3 is 0 Å². The lowest BCUT2D eigenvalue weighted by atomic mass is 10.2. The molecule has 0 aliphatic heterocycles. The first-order valence-corrected chi connectivity index (χ1v) is 3.93. The summed E-state index contributed by atoms with van der Waals surface area (Å²) in [5, 5.41) is 5.76. The summed E-state index contributed by atoms with van der Waals surface area (Å²) in [5.41, 5.74) is 7.09. The van der Waals surface area contributed by atoms with E-state index >= 15 is 0 Å². The standard InChI is InChI=1S/C8H8ClN3/c1-12-4-5-2-7(10)6(9)3-8(5)11-12/h2-4H,10H2,1H3. The van der Waals surface area contributed by atoms with Crippen LogP contribution in [0.5, 0.6) is 0 Å². The SMILES string of the molecule is Cn1cc2cc(N)c(Cl)cc2n1. The molecule has 3 nitrogen and oxygen atoms in total. The minimum absolute atomic E-state index is 0.557. The predicted molar refractivity (Wildman–Crippen MR) is 50.1 cm³/mol. The van der Waals surface area contributed by atoms with Gasteiger partial charge in [0.15, 0.2) is 0 Å². The Morgan fingerprint density at radius 3 is 3.00 bits per heavy atom. The Hall–Kier alpha value is -1.22. The number of nitrogen functional groups attached to an aromatic ring is 1. The zero-order valence-electron chi connectivity index (χ0n) is 6.58. The second kappa shape index (κ2) is 2.38. The number of halogens is 1. The molecule has 2 N–H and O–H groups in total. The van der Waals surface area contributed by atoms with Crippen LogP contribution in [-0.2, 0) is 7.05 Å². The van der Waals surface area contributed by atoms with E-state index in [1.807, 2.05) is 19.3 Å². The maximum absolute atomic E-state index is 5.82. The third-order valence-corrected chi connectivity index (χ3v) is 2.06. The number of anilines is 1. The number of aryl methyl sites for hydroxylation is 1. The van der Waals surface area contributed by atoms with Crippen LogP contribution >= 0.6 is 11.6 Å². The van der Waals surface area contributed by atoms with E-state index in [0.717, 1.165) is 10.9 Å². The van der Waals surface area contributed by atoms with E-state index in [1.165, 1.54) is 0 Å². The molecule has 0 atom stereocenters. The molecule has 1 aromatic heterocycles. The summed E-state index contributed by atoms with van der Waals surface area (Å²) in [6, 6.07) is 3.59. The van der Waals surface area contributed by atoms with E-state index in [0.29, 0.717) is 10.7 Å². The van der Waals surface area contributed by atoms with Crippen molar-refractivity contribution in [2.75, 3.05) is 5.73 Å². The summed E-state index contributed by atoms with van der Waals surface area (Å²) < 4.78 is 1.74. The van der Waals surface area contributed by atoms with Crippen LogP contribution in [-0.4, -0.2) is 9.78 Å². The number of hydrogen-bond donors (Lipinski definition) is 1. The molecule has 0 unspecified atom stereocenters. The van der Waals surface area contributed by atoms with Gasteiger partial charge in [-0.3, -0.25) is 4.68 Å². The molecule has 4 heteroatoms. The molecule has 0 fully saturated rings. The topological polar surface area (TPSA) is 43.8 Å². The van der Waals surface area contributed by atoms with E-state index in [-0.39, 0.29) is 0 Å². The fourth-order valence-electron chi connectivity index (χ4n) is 1.19. The van der Waals surface area contributed by atoms with E-state index < -0.39 is 0 Å². The summed E-state index contributed by atoms with van der Waals surface area (Å²) in [6.07, 6.45) is 1.90. The lowest BCUT2D eigenvalue weighted by Crippen LogP contribution is -1.85. The Labute approximate surface area is 74.7 Å². The number of benzene rings is 1. The van der Waals surface area contributed by atoms with Crippen molar-refractivity contribution in [1.29, 1.82) is 0 Å². The fourth-order valence-corrected chi connectivity index (χ4v) is 1.35. The van der Waals surface area contributed by atoms with Crippen molar-refractivity contribution in [3.05, 3.63) is 23.4 Å². The normalized spacial score (nSPS) is 10.8. The van der Waals surface area contributed by atoms with Crippen molar-refractivity contribution in [3.8, 4) is 0 Å². The average Bonchev–Trinajstić information content (AvgIpc) is 2.30. The lowest BCUT2D eigenvalue weighted by molar-refractivity contribution is 0.780. The summed E-state index contributed by atoms with van der Waals surface area (Å²) in [7, 11) is 1.87. The Bertz CT molecular complexity index is 394. The second-order valence-electron chi connectivity index (χ2n) is 2.74. The van der Waals surface area contributed by atoms with Crippen LogP contribution < -0.4 is 5.73 Å². The van der Waals surface area contributed by atoms with Gasteiger partial charge in [0.1, 0.15) is 0 Å². The fraction of sp³-hybridized carbons (Fsp3) is 0.125. The molecule has 1 aromatic carbocycles. The largest absolute Gasteiger partial charge is 0.398 e. The molecule has 0 amide bonds. The van der Waals surface area contributed by atoms with Gasteiger partial charge in [-0.2, -0.15) is 5.10 Å². The van der Waals surface area contributed by atoms with Gasteiger partial charge in [-0.15, -0.1) is 0 Å². The minimum atomic E-state index is 0.557. The first-order chi connectivity index (χ1) is 5.66. The number of aromatic nitrogens is 2. The Morgan fingerprint density at radius 1 is 1.50 bits per heavy atom. The first kappa shape index (κ1) is 7.43. The van der Waals surface area contributed by atoms with Gasteiger partial charge in [-0.1, -0.05) is 11.6 Å². The molecular formula is C8H8ClN3. The molecule has 62 valence electrons. The van der Waals surface area contributed by atoms with Crippen molar-refractivity contribution in [2.24, 2.45) is 7.05 Å². The van der Waals surface area contributed by atoms with Crippen LogP contribution in [0.4, 0.5) is 5.69 Å². The third-order valence-electron chi connectivity index (χ3n) is 1.74. The molecule has 12 heavy (non-hydrogen) atoms. The van der Waals surface area contributed by atoms with Crippen molar-refractivity contribution in [3.63, 3.8) is 0 Å². The number of rotatable bonds is 0. The molecule has 1 heterocycles. The van der Waals surface area contributed by atoms with Crippen LogP contribution in [0, 0.1) is 0 Å². The lowest BCUT2D eigenvalue weighted by Gasteiger charge is -1.94. The van der Waals surface area contributed by atoms with Gasteiger partial charge in [0, 0.05) is 18.6 Å². The molecule has 2 aromatic rings. The van der Waals surface area contributed by atoms with E-state index in [9.17, 15) is 0 Å². The number of fused-ring (bicyclic) bond motifs is 1. The van der Waals surface area contributed by atoms with Crippen molar-refractivity contribution >= 4 is 28.2 Å². The molecule has 0 aliphatic rings. The number of hydrogen-bond acceptors (Lipinski definition) is 2. The Kier molecular flexibility index (Phi) is 1.48. The van der Waals surface area contributed by atoms with E-state index in [2.05, 4.69) is 5.10 Å². The smallest absolute Gasteiger partial charge is 0.0939 e. The van der Waals surface area contributed by atoms with Gasteiger partial charge in [0.05, 0.1) is 16.2 Å². The van der Waals surface area contributed by atoms with Gasteiger partial charge in [-0.25, -0.2) is 0 Å². The molecular weight excluding hydrogens is 174 g/mol. The molecule has 2 rings (SSSR count). The molecule has 0 spiro atoms. The Balaban J connectivity index is 2.83. The highest BCUT2D eigenvalue weighted by atomic mass is 35.5. The molecule has 0 saturated heterocycles. The van der Waals surface area contributed by atoms with Crippen LogP contribution in [0.1, 0.15) is 0 Å². The molecule has 0 saturated carbocycles. The monoisotopic (exact) mass is 181 g/mol. The Morgan fingerprint density at radius 2 is 2.25 bits per heavy atom. The first-order valence-electron chi connectivity index (χ1n) is 3.55. The summed E-state index contributed by atoms with van der Waals surface area (Å²) >= 11 is 5.82. The molecule has 0 bridgehead atoms. The highest BCUT2D eigenvalue weighted by molar-refractivity contribution is 6.33. The summed E-state index contributed by atoms with van der Waals surface area (Å²) in [6.45, 7) is 0. The van der Waals surface area contributed by atoms with E-state index in [1.54, 1.807) is 10.7 Å². The minimum Gasteiger partial charge on any atom is -0.398 e.